The van der Waals surface area contributed by atoms with Gasteiger partial charge in [0, 0.05) is 33.9 Å². The van der Waals surface area contributed by atoms with E-state index in [4.69, 9.17) is 9.47 Å². The van der Waals surface area contributed by atoms with Crippen LogP contribution in [0.3, 0.4) is 0 Å². The number of methoxy groups -OCH3 is 2. The van der Waals surface area contributed by atoms with E-state index in [9.17, 15) is 5.11 Å². The zero-order valence-corrected chi connectivity index (χ0v) is 8.56. The standard InChI is InChI=1S/C9H19NO3/c1-7(11)4-10-5-8(12-2)9(6-10)13-3/h7-9,11H,4-6H2,1-3H3/t7-,8?,9?/m1/s1. The van der Waals surface area contributed by atoms with Gasteiger partial charge < -0.3 is 14.6 Å². The Hall–Kier alpha value is -0.160. The lowest BCUT2D eigenvalue weighted by Crippen LogP contribution is -2.30. The second-order valence-electron chi connectivity index (χ2n) is 3.62. The summed E-state index contributed by atoms with van der Waals surface area (Å²) in [5, 5.41) is 9.21. The largest absolute Gasteiger partial charge is 0.392 e. The molecule has 4 nitrogen and oxygen atoms in total. The van der Waals surface area contributed by atoms with Crippen LogP contribution < -0.4 is 0 Å². The van der Waals surface area contributed by atoms with E-state index in [-0.39, 0.29) is 18.3 Å². The minimum Gasteiger partial charge on any atom is -0.392 e. The van der Waals surface area contributed by atoms with Crippen LogP contribution in [0, 0.1) is 0 Å². The van der Waals surface area contributed by atoms with Crippen molar-refractivity contribution in [2.75, 3.05) is 33.9 Å². The van der Waals surface area contributed by atoms with Gasteiger partial charge in [-0.2, -0.15) is 0 Å². The summed E-state index contributed by atoms with van der Waals surface area (Å²) < 4.78 is 10.6. The molecule has 13 heavy (non-hydrogen) atoms. The van der Waals surface area contributed by atoms with Gasteiger partial charge in [0.25, 0.3) is 0 Å². The third kappa shape index (κ3) is 2.91. The molecule has 0 saturated carbocycles. The summed E-state index contributed by atoms with van der Waals surface area (Å²) in [7, 11) is 3.39. The third-order valence-corrected chi connectivity index (χ3v) is 2.42. The molecular formula is C9H19NO3. The number of β-amino-alcohol motifs (C(OH)–C–C–N with tert-alkyl or cyclic N) is 1. The number of aliphatic hydroxyl groups excluding tert-OH is 1. The third-order valence-electron chi connectivity index (χ3n) is 2.42. The maximum absolute atomic E-state index is 9.21. The average Bonchev–Trinajstić information content (AvgIpc) is 2.45. The van der Waals surface area contributed by atoms with Gasteiger partial charge in [0.05, 0.1) is 18.3 Å². The summed E-state index contributed by atoms with van der Waals surface area (Å²) in [6.07, 6.45) is 0.000567. The molecule has 1 fully saturated rings. The van der Waals surface area contributed by atoms with Crippen molar-refractivity contribution in [3.8, 4) is 0 Å². The van der Waals surface area contributed by atoms with Gasteiger partial charge in [0.15, 0.2) is 0 Å². The summed E-state index contributed by atoms with van der Waals surface area (Å²) in [6.45, 7) is 4.18. The van der Waals surface area contributed by atoms with Gasteiger partial charge in [-0.1, -0.05) is 0 Å². The summed E-state index contributed by atoms with van der Waals surface area (Å²) in [5.41, 5.74) is 0. The lowest BCUT2D eigenvalue weighted by atomic mass is 10.3. The van der Waals surface area contributed by atoms with E-state index in [2.05, 4.69) is 4.90 Å². The molecule has 4 heteroatoms. The van der Waals surface area contributed by atoms with E-state index in [0.29, 0.717) is 6.54 Å². The highest BCUT2D eigenvalue weighted by molar-refractivity contribution is 4.86. The molecule has 1 heterocycles. The molecule has 0 aromatic heterocycles. The molecule has 0 bridgehead atoms. The van der Waals surface area contributed by atoms with Crippen molar-refractivity contribution >= 4 is 0 Å². The van der Waals surface area contributed by atoms with Gasteiger partial charge in [-0.15, -0.1) is 0 Å². The SMILES string of the molecule is COC1CN(C[C@@H](C)O)CC1OC. The first-order valence-electron chi connectivity index (χ1n) is 4.63. The Balaban J connectivity index is 2.38. The summed E-state index contributed by atoms with van der Waals surface area (Å²) in [6, 6.07) is 0. The number of rotatable bonds is 4. The molecule has 1 N–H and O–H groups in total. The van der Waals surface area contributed by atoms with Crippen LogP contribution in [0.1, 0.15) is 6.92 Å². The van der Waals surface area contributed by atoms with Crippen LogP contribution in [0.2, 0.25) is 0 Å². The minimum absolute atomic E-state index is 0.142. The molecule has 1 saturated heterocycles. The van der Waals surface area contributed by atoms with Crippen molar-refractivity contribution < 1.29 is 14.6 Å². The normalized spacial score (nSPS) is 32.3. The Morgan fingerprint density at radius 3 is 2.08 bits per heavy atom. The van der Waals surface area contributed by atoms with Gasteiger partial charge in [-0.05, 0) is 6.92 Å². The average molecular weight is 189 g/mol. The van der Waals surface area contributed by atoms with Crippen LogP contribution in [-0.4, -0.2) is 62.2 Å². The fourth-order valence-electron chi connectivity index (χ4n) is 1.79. The maximum atomic E-state index is 9.21. The second kappa shape index (κ2) is 4.91. The summed E-state index contributed by atoms with van der Waals surface area (Å²) in [4.78, 5) is 2.16. The zero-order valence-electron chi connectivity index (χ0n) is 8.56. The predicted molar refractivity (Wildman–Crippen MR) is 49.7 cm³/mol. The molecule has 0 aliphatic carbocycles. The second-order valence-corrected chi connectivity index (χ2v) is 3.62. The fourth-order valence-corrected chi connectivity index (χ4v) is 1.79. The van der Waals surface area contributed by atoms with Crippen molar-refractivity contribution in [2.24, 2.45) is 0 Å². The van der Waals surface area contributed by atoms with Gasteiger partial charge in [-0.3, -0.25) is 4.90 Å². The van der Waals surface area contributed by atoms with Crippen LogP contribution in [0.4, 0.5) is 0 Å². The molecule has 1 rings (SSSR count). The molecule has 0 aromatic rings. The summed E-state index contributed by atoms with van der Waals surface area (Å²) >= 11 is 0. The number of nitrogens with zero attached hydrogens (tertiary/aromatic N) is 1. The van der Waals surface area contributed by atoms with Gasteiger partial charge in [-0.25, -0.2) is 0 Å². The first kappa shape index (κ1) is 10.9. The number of ether oxygens (including phenoxy) is 2. The first-order chi connectivity index (χ1) is 6.17. The van der Waals surface area contributed by atoms with Crippen molar-refractivity contribution in [3.05, 3.63) is 0 Å². The highest BCUT2D eigenvalue weighted by atomic mass is 16.5. The molecular weight excluding hydrogens is 170 g/mol. The zero-order chi connectivity index (χ0) is 9.84. The molecule has 78 valence electrons. The molecule has 0 amide bonds. The molecule has 1 aliphatic heterocycles. The van der Waals surface area contributed by atoms with Crippen molar-refractivity contribution in [2.45, 2.75) is 25.2 Å². The predicted octanol–water partition coefficient (Wildman–Crippen LogP) is -0.287. The van der Waals surface area contributed by atoms with Crippen LogP contribution >= 0.6 is 0 Å². The van der Waals surface area contributed by atoms with Gasteiger partial charge in [0.1, 0.15) is 0 Å². The Morgan fingerprint density at radius 2 is 1.77 bits per heavy atom. The lowest BCUT2D eigenvalue weighted by Gasteiger charge is -2.16. The Morgan fingerprint density at radius 1 is 1.31 bits per heavy atom. The Kier molecular flexibility index (Phi) is 4.12. The maximum Gasteiger partial charge on any atom is 0.0971 e. The minimum atomic E-state index is -0.284. The highest BCUT2D eigenvalue weighted by Crippen LogP contribution is 2.15. The van der Waals surface area contributed by atoms with Crippen molar-refractivity contribution in [1.82, 2.24) is 4.90 Å². The molecule has 1 aliphatic rings. The molecule has 3 atom stereocenters. The highest BCUT2D eigenvalue weighted by Gasteiger charge is 2.32. The van der Waals surface area contributed by atoms with Crippen LogP contribution in [0.25, 0.3) is 0 Å². The van der Waals surface area contributed by atoms with E-state index in [1.165, 1.54) is 0 Å². The Labute approximate surface area is 79.4 Å². The fraction of sp³-hybridized carbons (Fsp3) is 1.00. The summed E-state index contributed by atoms with van der Waals surface area (Å²) in [5.74, 6) is 0. The smallest absolute Gasteiger partial charge is 0.0971 e. The Bertz CT molecular complexity index is 140. The number of hydrogen-bond donors (Lipinski definition) is 1. The van der Waals surface area contributed by atoms with Crippen molar-refractivity contribution in [3.63, 3.8) is 0 Å². The molecule has 0 aromatic carbocycles. The quantitative estimate of drug-likeness (QED) is 0.660. The lowest BCUT2D eigenvalue weighted by molar-refractivity contribution is -0.00461. The molecule has 2 unspecified atom stereocenters. The van der Waals surface area contributed by atoms with Crippen LogP contribution in [0.5, 0.6) is 0 Å². The van der Waals surface area contributed by atoms with Crippen molar-refractivity contribution in [1.29, 1.82) is 0 Å². The van der Waals surface area contributed by atoms with E-state index >= 15 is 0 Å². The van der Waals surface area contributed by atoms with E-state index in [0.717, 1.165) is 13.1 Å². The van der Waals surface area contributed by atoms with E-state index in [1.807, 2.05) is 0 Å². The van der Waals surface area contributed by atoms with Gasteiger partial charge in [0.2, 0.25) is 0 Å². The number of likely N-dealkylation sites (tertiary alicyclic amines) is 1. The topological polar surface area (TPSA) is 41.9 Å². The van der Waals surface area contributed by atoms with E-state index < -0.39 is 0 Å². The number of aliphatic hydroxyl groups is 1. The number of hydrogen-bond acceptors (Lipinski definition) is 4. The molecule has 0 spiro atoms. The molecule has 0 radical (unpaired) electrons. The van der Waals surface area contributed by atoms with Crippen LogP contribution in [0.15, 0.2) is 0 Å². The monoisotopic (exact) mass is 189 g/mol. The van der Waals surface area contributed by atoms with Crippen LogP contribution in [-0.2, 0) is 9.47 Å². The first-order valence-corrected chi connectivity index (χ1v) is 4.63. The van der Waals surface area contributed by atoms with Gasteiger partial charge >= 0.3 is 0 Å². The van der Waals surface area contributed by atoms with E-state index in [1.54, 1.807) is 21.1 Å².